The Hall–Kier alpha value is -3.10. The van der Waals surface area contributed by atoms with Crippen molar-refractivity contribution >= 4 is 21.6 Å². The minimum absolute atomic E-state index is 0.0527. The van der Waals surface area contributed by atoms with E-state index in [1.54, 1.807) is 32.9 Å². The van der Waals surface area contributed by atoms with Gasteiger partial charge in [-0.2, -0.15) is 4.31 Å². The van der Waals surface area contributed by atoms with E-state index >= 15 is 0 Å². The van der Waals surface area contributed by atoms with Gasteiger partial charge in [0.1, 0.15) is 10.6 Å². The second-order valence-corrected chi connectivity index (χ2v) is 9.07. The lowest BCUT2D eigenvalue weighted by molar-refractivity contribution is -0.115. The fourth-order valence-corrected chi connectivity index (χ4v) is 5.06. The maximum absolute atomic E-state index is 13.1. The number of carbonyl (C=O) groups is 1. The maximum Gasteiger partial charge on any atom is 0.246 e. The molecule has 0 unspecified atom stereocenters. The summed E-state index contributed by atoms with van der Waals surface area (Å²) in [6.07, 6.45) is 4.09. The lowest BCUT2D eigenvalue weighted by Crippen LogP contribution is -2.31. The molecule has 0 atom stereocenters. The monoisotopic (exact) mass is 455 g/mol. The lowest BCUT2D eigenvalue weighted by Gasteiger charge is -2.21. The highest BCUT2D eigenvalue weighted by molar-refractivity contribution is 7.89. The van der Waals surface area contributed by atoms with E-state index in [4.69, 9.17) is 4.74 Å². The van der Waals surface area contributed by atoms with Crippen molar-refractivity contribution < 1.29 is 17.9 Å². The Morgan fingerprint density at radius 2 is 1.66 bits per heavy atom. The summed E-state index contributed by atoms with van der Waals surface area (Å²) in [5, 5.41) is 2.81. The molecule has 3 rings (SSSR count). The zero-order chi connectivity index (χ0) is 23.1. The molecule has 0 spiro atoms. The number of ether oxygens (including phenoxy) is 1. The molecule has 0 bridgehead atoms. The summed E-state index contributed by atoms with van der Waals surface area (Å²) < 4.78 is 35.1. The first kappa shape index (κ1) is 23.6. The number of nitrogens with zero attached hydrogens (tertiary/aromatic N) is 2. The summed E-state index contributed by atoms with van der Waals surface area (Å²) in [6.45, 7) is 6.40. The highest BCUT2D eigenvalue weighted by Gasteiger charge is 2.26. The third-order valence-electron chi connectivity index (χ3n) is 5.05. The van der Waals surface area contributed by atoms with Crippen LogP contribution in [0.2, 0.25) is 0 Å². The van der Waals surface area contributed by atoms with Crippen LogP contribution in [0.1, 0.15) is 26.3 Å². The Kier molecular flexibility index (Phi) is 7.71. The van der Waals surface area contributed by atoms with Crippen molar-refractivity contribution in [2.75, 3.05) is 25.0 Å². The Bertz CT molecular complexity index is 1140. The summed E-state index contributed by atoms with van der Waals surface area (Å²) in [6, 6.07) is 16.3. The second kappa shape index (κ2) is 10.5. The minimum atomic E-state index is -3.74. The third-order valence-corrected chi connectivity index (χ3v) is 7.13. The van der Waals surface area contributed by atoms with Crippen LogP contribution in [0, 0.1) is 0 Å². The fraction of sp³-hybridized carbons (Fsp3) is 0.292. The van der Waals surface area contributed by atoms with E-state index in [-0.39, 0.29) is 23.0 Å². The highest BCUT2D eigenvalue weighted by Crippen LogP contribution is 2.30. The fourth-order valence-electron chi connectivity index (χ4n) is 3.45. The Morgan fingerprint density at radius 1 is 1.00 bits per heavy atom. The summed E-state index contributed by atoms with van der Waals surface area (Å²) in [5.41, 5.74) is 2.28. The summed E-state index contributed by atoms with van der Waals surface area (Å²) in [7, 11) is -3.74. The van der Waals surface area contributed by atoms with Gasteiger partial charge in [-0.1, -0.05) is 26.0 Å². The highest BCUT2D eigenvalue weighted by atomic mass is 32.2. The molecule has 1 N–H and O–H groups in total. The van der Waals surface area contributed by atoms with Crippen molar-refractivity contribution in [2.24, 2.45) is 0 Å². The topological polar surface area (TPSA) is 80.6 Å². The molecule has 3 aromatic rings. The first-order chi connectivity index (χ1) is 15.4. The zero-order valence-electron chi connectivity index (χ0n) is 18.6. The number of hydrogen-bond donors (Lipinski definition) is 1. The van der Waals surface area contributed by atoms with Crippen LogP contribution in [0.4, 0.5) is 5.69 Å². The molecule has 2 aromatic carbocycles. The summed E-state index contributed by atoms with van der Waals surface area (Å²) >= 11 is 0. The van der Waals surface area contributed by atoms with Crippen LogP contribution in [0.5, 0.6) is 5.75 Å². The van der Waals surface area contributed by atoms with Crippen molar-refractivity contribution in [3.8, 4) is 11.4 Å². The minimum Gasteiger partial charge on any atom is -0.492 e. The van der Waals surface area contributed by atoms with Gasteiger partial charge >= 0.3 is 0 Å². The molecule has 0 aliphatic heterocycles. The van der Waals surface area contributed by atoms with Crippen LogP contribution >= 0.6 is 0 Å². The van der Waals surface area contributed by atoms with Crippen molar-refractivity contribution in [1.82, 2.24) is 8.87 Å². The van der Waals surface area contributed by atoms with Crippen LogP contribution < -0.4 is 10.1 Å². The van der Waals surface area contributed by atoms with Gasteiger partial charge in [-0.15, -0.1) is 0 Å². The number of hydrogen-bond acceptors (Lipinski definition) is 4. The number of benzene rings is 2. The quantitative estimate of drug-likeness (QED) is 0.499. The third kappa shape index (κ3) is 5.38. The first-order valence-electron chi connectivity index (χ1n) is 10.7. The van der Waals surface area contributed by atoms with Gasteiger partial charge in [0.05, 0.1) is 13.0 Å². The van der Waals surface area contributed by atoms with Crippen LogP contribution in [0.3, 0.4) is 0 Å². The van der Waals surface area contributed by atoms with E-state index in [0.29, 0.717) is 25.4 Å². The van der Waals surface area contributed by atoms with Gasteiger partial charge in [0.2, 0.25) is 15.9 Å². The molecule has 0 fully saturated rings. The predicted octanol–water partition coefficient (Wildman–Crippen LogP) is 4.09. The van der Waals surface area contributed by atoms with E-state index in [1.807, 2.05) is 53.4 Å². The van der Waals surface area contributed by atoms with E-state index in [0.717, 1.165) is 11.3 Å². The van der Waals surface area contributed by atoms with Crippen molar-refractivity contribution in [2.45, 2.75) is 32.1 Å². The number of anilines is 1. The van der Waals surface area contributed by atoms with Gasteiger partial charge in [-0.05, 0) is 55.0 Å². The van der Waals surface area contributed by atoms with Gasteiger partial charge in [-0.3, -0.25) is 4.79 Å². The molecule has 0 saturated heterocycles. The number of rotatable bonds is 10. The summed E-state index contributed by atoms with van der Waals surface area (Å²) in [4.78, 5) is 12.7. The number of aromatic nitrogens is 1. The molecule has 0 aliphatic rings. The molecule has 32 heavy (non-hydrogen) atoms. The Labute approximate surface area is 189 Å². The smallest absolute Gasteiger partial charge is 0.246 e. The number of amides is 1. The second-order valence-electron chi connectivity index (χ2n) is 7.17. The van der Waals surface area contributed by atoms with E-state index in [2.05, 4.69) is 5.32 Å². The normalized spacial score (nSPS) is 11.5. The predicted molar refractivity (Wildman–Crippen MR) is 126 cm³/mol. The van der Waals surface area contributed by atoms with Crippen molar-refractivity contribution in [3.63, 3.8) is 0 Å². The molecule has 0 aliphatic carbocycles. The zero-order valence-corrected chi connectivity index (χ0v) is 19.4. The van der Waals surface area contributed by atoms with Gasteiger partial charge in [0.15, 0.2) is 0 Å². The summed E-state index contributed by atoms with van der Waals surface area (Å²) in [5.74, 6) is 0.0482. The molecule has 0 saturated carbocycles. The van der Waals surface area contributed by atoms with Gasteiger partial charge in [0.25, 0.3) is 0 Å². The molecule has 0 radical (unpaired) electrons. The van der Waals surface area contributed by atoms with Gasteiger partial charge < -0.3 is 14.6 Å². The Morgan fingerprint density at radius 3 is 2.25 bits per heavy atom. The van der Waals surface area contributed by atoms with Crippen molar-refractivity contribution in [1.29, 1.82) is 0 Å². The lowest BCUT2D eigenvalue weighted by atomic mass is 10.1. The average molecular weight is 456 g/mol. The number of carbonyl (C=O) groups excluding carboxylic acids is 1. The average Bonchev–Trinajstić information content (AvgIpc) is 3.31. The van der Waals surface area contributed by atoms with Gasteiger partial charge in [-0.25, -0.2) is 8.42 Å². The maximum atomic E-state index is 13.1. The largest absolute Gasteiger partial charge is 0.492 e. The van der Waals surface area contributed by atoms with Crippen LogP contribution in [-0.2, 0) is 21.2 Å². The molecule has 1 heterocycles. The van der Waals surface area contributed by atoms with Crippen molar-refractivity contribution in [3.05, 3.63) is 72.6 Å². The van der Waals surface area contributed by atoms with E-state index in [1.165, 1.54) is 10.4 Å². The molecule has 1 amide bonds. The molecule has 1 aromatic heterocycles. The van der Waals surface area contributed by atoms with Crippen LogP contribution in [0.25, 0.3) is 5.69 Å². The molecule has 170 valence electrons. The standard InChI is InChI=1S/C24H29N3O4S/c1-4-27(5-2)32(29,30)23-18-20(11-14-22(23)31-6-3)25-24(28)17-19-9-12-21(13-10-19)26-15-7-8-16-26/h7-16,18H,4-6,17H2,1-3H3,(H,25,28). The van der Waals surface area contributed by atoms with E-state index < -0.39 is 10.0 Å². The number of sulfonamides is 1. The molecule has 7 nitrogen and oxygen atoms in total. The van der Waals surface area contributed by atoms with E-state index in [9.17, 15) is 13.2 Å². The van der Waals surface area contributed by atoms with Gasteiger partial charge in [0, 0.05) is 36.9 Å². The SMILES string of the molecule is CCOc1ccc(NC(=O)Cc2ccc(-n3cccc3)cc2)cc1S(=O)(=O)N(CC)CC. The Balaban J connectivity index is 1.77. The molecular weight excluding hydrogens is 426 g/mol. The van der Waals surface area contributed by atoms with Crippen LogP contribution in [-0.4, -0.2) is 42.9 Å². The van der Waals surface area contributed by atoms with Crippen LogP contribution in [0.15, 0.2) is 71.9 Å². The molecule has 8 heteroatoms. The number of nitrogens with one attached hydrogen (secondary N) is 1. The molecular formula is C24H29N3O4S. The first-order valence-corrected chi connectivity index (χ1v) is 12.1.